The molecule has 1 aromatic heterocycles. The molecule has 0 aliphatic carbocycles. The third-order valence-corrected chi connectivity index (χ3v) is 4.84. The van der Waals surface area contributed by atoms with Crippen molar-refractivity contribution in [2.45, 2.75) is 32.6 Å². The molecule has 2 fully saturated rings. The molecule has 4 heteroatoms. The molecule has 1 aromatic rings. The van der Waals surface area contributed by atoms with E-state index in [2.05, 4.69) is 26.7 Å². The monoisotopic (exact) mass is 274 g/mol. The summed E-state index contributed by atoms with van der Waals surface area (Å²) in [6.45, 7) is 8.52. The van der Waals surface area contributed by atoms with E-state index in [0.29, 0.717) is 0 Å². The van der Waals surface area contributed by atoms with E-state index in [1.54, 1.807) is 0 Å². The Balaban J connectivity index is 1.44. The van der Waals surface area contributed by atoms with Crippen LogP contribution < -0.4 is 4.90 Å². The first-order valence-electron chi connectivity index (χ1n) is 8.05. The summed E-state index contributed by atoms with van der Waals surface area (Å²) in [5.74, 6) is 2.70. The van der Waals surface area contributed by atoms with Crippen LogP contribution in [0.15, 0.2) is 18.5 Å². The van der Waals surface area contributed by atoms with Gasteiger partial charge in [0.05, 0.1) is 0 Å². The first kappa shape index (κ1) is 13.8. The molecule has 110 valence electrons. The van der Waals surface area contributed by atoms with Crippen LogP contribution >= 0.6 is 0 Å². The molecule has 0 spiro atoms. The summed E-state index contributed by atoms with van der Waals surface area (Å²) < 4.78 is 0. The second-order valence-corrected chi connectivity index (χ2v) is 6.46. The maximum Gasteiger partial charge on any atom is 0.225 e. The largest absolute Gasteiger partial charge is 0.341 e. The van der Waals surface area contributed by atoms with Crippen LogP contribution in [0.1, 0.15) is 32.6 Å². The van der Waals surface area contributed by atoms with Crippen LogP contribution in [0.4, 0.5) is 5.95 Å². The second-order valence-electron chi connectivity index (χ2n) is 6.46. The Morgan fingerprint density at radius 2 is 1.65 bits per heavy atom. The minimum absolute atomic E-state index is 0.864. The molecular formula is C16H26N4. The van der Waals surface area contributed by atoms with Crippen molar-refractivity contribution >= 4 is 5.95 Å². The van der Waals surface area contributed by atoms with Gasteiger partial charge >= 0.3 is 0 Å². The minimum Gasteiger partial charge on any atom is -0.341 e. The molecule has 0 radical (unpaired) electrons. The lowest BCUT2D eigenvalue weighted by Gasteiger charge is -2.37. The van der Waals surface area contributed by atoms with E-state index in [9.17, 15) is 0 Å². The van der Waals surface area contributed by atoms with E-state index in [4.69, 9.17) is 0 Å². The minimum atomic E-state index is 0.864. The molecule has 0 N–H and O–H groups in total. The zero-order valence-corrected chi connectivity index (χ0v) is 12.5. The molecule has 0 aromatic carbocycles. The first-order valence-corrected chi connectivity index (χ1v) is 8.05. The van der Waals surface area contributed by atoms with Crippen LogP contribution in [0.5, 0.6) is 0 Å². The van der Waals surface area contributed by atoms with Gasteiger partial charge in [-0.3, -0.25) is 0 Å². The van der Waals surface area contributed by atoms with Gasteiger partial charge in [-0.1, -0.05) is 6.92 Å². The smallest absolute Gasteiger partial charge is 0.225 e. The summed E-state index contributed by atoms with van der Waals surface area (Å²) in [4.78, 5) is 13.7. The number of aromatic nitrogens is 2. The van der Waals surface area contributed by atoms with Crippen molar-refractivity contribution in [3.63, 3.8) is 0 Å². The van der Waals surface area contributed by atoms with Gasteiger partial charge in [0.15, 0.2) is 0 Å². The van der Waals surface area contributed by atoms with E-state index in [-0.39, 0.29) is 0 Å². The Hall–Kier alpha value is -1.16. The molecule has 20 heavy (non-hydrogen) atoms. The lowest BCUT2D eigenvalue weighted by molar-refractivity contribution is 0.156. The number of hydrogen-bond acceptors (Lipinski definition) is 4. The molecule has 3 heterocycles. The molecule has 2 aliphatic heterocycles. The normalized spacial score (nSPS) is 23.1. The van der Waals surface area contributed by atoms with Crippen molar-refractivity contribution < 1.29 is 0 Å². The lowest BCUT2D eigenvalue weighted by atomic mass is 9.93. The van der Waals surface area contributed by atoms with Crippen LogP contribution in [0.25, 0.3) is 0 Å². The van der Waals surface area contributed by atoms with Crippen molar-refractivity contribution in [2.24, 2.45) is 11.8 Å². The van der Waals surface area contributed by atoms with Crippen molar-refractivity contribution in [3.05, 3.63) is 18.5 Å². The number of anilines is 1. The van der Waals surface area contributed by atoms with Crippen LogP contribution in [-0.4, -0.2) is 47.6 Å². The number of rotatable bonds is 3. The van der Waals surface area contributed by atoms with Crippen LogP contribution in [0.3, 0.4) is 0 Å². The predicted octanol–water partition coefficient (Wildman–Crippen LogP) is 2.42. The molecule has 0 amide bonds. The molecule has 2 saturated heterocycles. The Kier molecular flexibility index (Phi) is 4.51. The molecular weight excluding hydrogens is 248 g/mol. The van der Waals surface area contributed by atoms with Gasteiger partial charge in [-0.15, -0.1) is 0 Å². The summed E-state index contributed by atoms with van der Waals surface area (Å²) in [6, 6.07) is 1.88. The fourth-order valence-corrected chi connectivity index (χ4v) is 3.38. The predicted molar refractivity (Wildman–Crippen MR) is 81.8 cm³/mol. The Morgan fingerprint density at radius 1 is 1.00 bits per heavy atom. The van der Waals surface area contributed by atoms with E-state index in [1.165, 1.54) is 45.3 Å². The van der Waals surface area contributed by atoms with Crippen molar-refractivity contribution in [1.29, 1.82) is 0 Å². The van der Waals surface area contributed by atoms with E-state index in [1.807, 2.05) is 18.5 Å². The van der Waals surface area contributed by atoms with E-state index >= 15 is 0 Å². The average Bonchev–Trinajstić information content (AvgIpc) is 2.51. The number of hydrogen-bond donors (Lipinski definition) is 0. The third-order valence-electron chi connectivity index (χ3n) is 4.84. The van der Waals surface area contributed by atoms with Gasteiger partial charge in [-0.05, 0) is 56.7 Å². The van der Waals surface area contributed by atoms with Crippen LogP contribution in [0, 0.1) is 11.8 Å². The summed E-state index contributed by atoms with van der Waals surface area (Å²) in [7, 11) is 0. The molecule has 0 atom stereocenters. The Bertz CT molecular complexity index is 392. The van der Waals surface area contributed by atoms with Gasteiger partial charge in [-0.2, -0.15) is 0 Å². The van der Waals surface area contributed by atoms with E-state index in [0.717, 1.165) is 30.9 Å². The van der Waals surface area contributed by atoms with Gasteiger partial charge in [0, 0.05) is 32.0 Å². The summed E-state index contributed by atoms with van der Waals surface area (Å²) in [5, 5.41) is 0. The Labute approximate surface area is 122 Å². The third kappa shape index (κ3) is 3.48. The average molecular weight is 274 g/mol. The van der Waals surface area contributed by atoms with Crippen LogP contribution in [-0.2, 0) is 0 Å². The van der Waals surface area contributed by atoms with Gasteiger partial charge in [0.25, 0.3) is 0 Å². The van der Waals surface area contributed by atoms with E-state index < -0.39 is 0 Å². The van der Waals surface area contributed by atoms with Crippen molar-refractivity contribution in [1.82, 2.24) is 14.9 Å². The van der Waals surface area contributed by atoms with Gasteiger partial charge < -0.3 is 9.80 Å². The zero-order valence-electron chi connectivity index (χ0n) is 12.5. The Morgan fingerprint density at radius 3 is 2.30 bits per heavy atom. The highest BCUT2D eigenvalue weighted by Crippen LogP contribution is 2.23. The maximum absolute atomic E-state index is 4.36. The number of nitrogens with zero attached hydrogens (tertiary/aromatic N) is 4. The fraction of sp³-hybridized carbons (Fsp3) is 0.750. The summed E-state index contributed by atoms with van der Waals surface area (Å²) in [5.41, 5.74) is 0. The van der Waals surface area contributed by atoms with Gasteiger partial charge in [0.2, 0.25) is 5.95 Å². The lowest BCUT2D eigenvalue weighted by Crippen LogP contribution is -2.41. The standard InChI is InChI=1S/C16H26N4/c1-14-3-9-19(10-4-14)13-15-5-11-20(12-6-15)16-17-7-2-8-18-16/h2,7-8,14-15H,3-6,9-13H2,1H3. The topological polar surface area (TPSA) is 32.3 Å². The molecule has 0 unspecified atom stereocenters. The molecule has 0 bridgehead atoms. The fourth-order valence-electron chi connectivity index (χ4n) is 3.38. The van der Waals surface area contributed by atoms with Crippen LogP contribution in [0.2, 0.25) is 0 Å². The summed E-state index contributed by atoms with van der Waals surface area (Å²) in [6.07, 6.45) is 9.01. The molecule has 2 aliphatic rings. The highest BCUT2D eigenvalue weighted by atomic mass is 15.2. The van der Waals surface area contributed by atoms with Crippen molar-refractivity contribution in [2.75, 3.05) is 37.6 Å². The second kappa shape index (κ2) is 6.53. The van der Waals surface area contributed by atoms with Gasteiger partial charge in [-0.25, -0.2) is 9.97 Å². The van der Waals surface area contributed by atoms with Gasteiger partial charge in [0.1, 0.15) is 0 Å². The molecule has 3 rings (SSSR count). The zero-order chi connectivity index (χ0) is 13.8. The number of piperidine rings is 2. The summed E-state index contributed by atoms with van der Waals surface area (Å²) >= 11 is 0. The molecule has 4 nitrogen and oxygen atoms in total. The molecule has 0 saturated carbocycles. The highest BCUT2D eigenvalue weighted by Gasteiger charge is 2.24. The highest BCUT2D eigenvalue weighted by molar-refractivity contribution is 5.28. The maximum atomic E-state index is 4.36. The first-order chi connectivity index (χ1) is 9.81. The van der Waals surface area contributed by atoms with Crippen molar-refractivity contribution in [3.8, 4) is 0 Å². The SMILES string of the molecule is CC1CCN(CC2CCN(c3ncccn3)CC2)CC1. The number of likely N-dealkylation sites (tertiary alicyclic amines) is 1. The quantitative estimate of drug-likeness (QED) is 0.847.